The monoisotopic (exact) mass is 336 g/mol. The molecule has 3 rings (SSSR count). The van der Waals surface area contributed by atoms with Crippen molar-refractivity contribution in [2.45, 2.75) is 13.5 Å². The van der Waals surface area contributed by atoms with E-state index in [9.17, 15) is 4.79 Å². The summed E-state index contributed by atoms with van der Waals surface area (Å²) in [5, 5.41) is 0. The van der Waals surface area contributed by atoms with Crippen LogP contribution in [-0.4, -0.2) is 29.2 Å². The number of imidazole rings is 1. The molecule has 128 valence electrons. The summed E-state index contributed by atoms with van der Waals surface area (Å²) in [6, 6.07) is 15.5. The van der Waals surface area contributed by atoms with Crippen molar-refractivity contribution in [3.05, 3.63) is 59.9 Å². The van der Waals surface area contributed by atoms with Crippen LogP contribution in [0.3, 0.4) is 0 Å². The van der Waals surface area contributed by atoms with E-state index >= 15 is 0 Å². The fraction of sp³-hybridized carbons (Fsp3) is 0.200. The number of ether oxygens (including phenoxy) is 2. The molecule has 0 radical (unpaired) electrons. The number of benzene rings is 2. The number of hydrogen-bond acceptors (Lipinski definition) is 4. The number of methoxy groups -OCH3 is 1. The van der Waals surface area contributed by atoms with Crippen molar-refractivity contribution in [2.75, 3.05) is 13.7 Å². The highest BCUT2D eigenvalue weighted by atomic mass is 16.5. The number of para-hydroxylation sites is 2. The smallest absolute Gasteiger partial charge is 0.326 e. The van der Waals surface area contributed by atoms with E-state index in [1.54, 1.807) is 14.0 Å². The van der Waals surface area contributed by atoms with Gasteiger partial charge in [0.15, 0.2) is 0 Å². The summed E-state index contributed by atoms with van der Waals surface area (Å²) in [6.45, 7) is 2.30. The summed E-state index contributed by atoms with van der Waals surface area (Å²) < 4.78 is 12.1. The Morgan fingerprint density at radius 3 is 2.60 bits per heavy atom. The minimum atomic E-state index is -0.273. The third-order valence-corrected chi connectivity index (χ3v) is 3.82. The Labute approximate surface area is 146 Å². The van der Waals surface area contributed by atoms with Crippen LogP contribution >= 0.6 is 0 Å². The Morgan fingerprint density at radius 1 is 1.12 bits per heavy atom. The third-order valence-electron chi connectivity index (χ3n) is 3.82. The minimum Gasteiger partial charge on any atom is -0.497 e. The second-order valence-electron chi connectivity index (χ2n) is 5.46. The summed E-state index contributed by atoms with van der Waals surface area (Å²) in [5.41, 5.74) is 2.78. The van der Waals surface area contributed by atoms with Crippen molar-refractivity contribution >= 4 is 29.2 Å². The maximum Gasteiger partial charge on any atom is 0.326 e. The number of carbonyl (C=O) groups excluding carboxylic acids is 1. The molecule has 0 aliphatic rings. The normalized spacial score (nSPS) is 11.1. The molecule has 0 atom stereocenters. The van der Waals surface area contributed by atoms with E-state index in [0.29, 0.717) is 12.4 Å². The summed E-state index contributed by atoms with van der Waals surface area (Å²) >= 11 is 0. The molecular formula is C20H20N2O3. The average Bonchev–Trinajstić information content (AvgIpc) is 2.98. The molecule has 0 N–H and O–H groups in total. The predicted molar refractivity (Wildman–Crippen MR) is 98.3 cm³/mol. The van der Waals surface area contributed by atoms with E-state index in [4.69, 9.17) is 9.47 Å². The van der Waals surface area contributed by atoms with E-state index in [0.717, 1.165) is 22.3 Å². The quantitative estimate of drug-likeness (QED) is 0.643. The van der Waals surface area contributed by atoms with Crippen LogP contribution < -0.4 is 4.74 Å². The van der Waals surface area contributed by atoms with Gasteiger partial charge in [0.05, 0.1) is 24.8 Å². The maximum absolute atomic E-state index is 11.9. The largest absolute Gasteiger partial charge is 0.497 e. The van der Waals surface area contributed by atoms with Crippen LogP contribution in [0.1, 0.15) is 18.3 Å². The van der Waals surface area contributed by atoms with Crippen molar-refractivity contribution in [1.82, 2.24) is 9.55 Å². The SMILES string of the molecule is CCOC(=O)Cn1c(/C=C/c2ccc(OC)cc2)nc2ccccc21. The first-order chi connectivity index (χ1) is 12.2. The molecule has 0 aliphatic heterocycles. The Kier molecular flexibility index (Phi) is 5.14. The van der Waals surface area contributed by atoms with Crippen LogP contribution in [0.4, 0.5) is 0 Å². The van der Waals surface area contributed by atoms with Gasteiger partial charge in [-0.25, -0.2) is 4.98 Å². The molecule has 1 aromatic heterocycles. The summed E-state index contributed by atoms with van der Waals surface area (Å²) in [6.07, 6.45) is 3.86. The van der Waals surface area contributed by atoms with E-state index in [1.807, 2.05) is 65.3 Å². The zero-order chi connectivity index (χ0) is 17.6. The first-order valence-corrected chi connectivity index (χ1v) is 8.14. The van der Waals surface area contributed by atoms with Crippen molar-refractivity contribution in [1.29, 1.82) is 0 Å². The van der Waals surface area contributed by atoms with Crippen LogP contribution in [0, 0.1) is 0 Å². The van der Waals surface area contributed by atoms with Gasteiger partial charge in [-0.2, -0.15) is 0 Å². The number of aromatic nitrogens is 2. The molecule has 0 aliphatic carbocycles. The predicted octanol–water partition coefficient (Wildman–Crippen LogP) is 3.78. The molecule has 0 saturated carbocycles. The van der Waals surface area contributed by atoms with Gasteiger partial charge in [0.1, 0.15) is 18.1 Å². The highest BCUT2D eigenvalue weighted by Gasteiger charge is 2.12. The summed E-state index contributed by atoms with van der Waals surface area (Å²) in [4.78, 5) is 16.6. The molecule has 0 bridgehead atoms. The molecule has 0 spiro atoms. The van der Waals surface area contributed by atoms with Gasteiger partial charge in [0.25, 0.3) is 0 Å². The zero-order valence-electron chi connectivity index (χ0n) is 14.3. The molecular weight excluding hydrogens is 316 g/mol. The minimum absolute atomic E-state index is 0.136. The van der Waals surface area contributed by atoms with Crippen molar-refractivity contribution in [3.8, 4) is 5.75 Å². The lowest BCUT2D eigenvalue weighted by atomic mass is 10.2. The molecule has 5 nitrogen and oxygen atoms in total. The standard InChI is InChI=1S/C20H20N2O3/c1-3-25-20(23)14-22-18-7-5-4-6-17(18)21-19(22)13-10-15-8-11-16(24-2)12-9-15/h4-13H,3,14H2,1-2H3/b13-10+. The van der Waals surface area contributed by atoms with Gasteiger partial charge >= 0.3 is 5.97 Å². The van der Waals surface area contributed by atoms with Gasteiger partial charge in [-0.05, 0) is 42.8 Å². The van der Waals surface area contributed by atoms with Crippen molar-refractivity contribution in [3.63, 3.8) is 0 Å². The Hall–Kier alpha value is -3.08. The lowest BCUT2D eigenvalue weighted by molar-refractivity contribution is -0.143. The Balaban J connectivity index is 1.93. The first kappa shape index (κ1) is 16.8. The fourth-order valence-corrected chi connectivity index (χ4v) is 2.61. The van der Waals surface area contributed by atoms with E-state index in [-0.39, 0.29) is 12.5 Å². The molecule has 0 amide bonds. The van der Waals surface area contributed by atoms with Crippen LogP contribution in [0.2, 0.25) is 0 Å². The lowest BCUT2D eigenvalue weighted by Gasteiger charge is -2.06. The number of rotatable bonds is 6. The number of carbonyl (C=O) groups is 1. The maximum atomic E-state index is 11.9. The van der Waals surface area contributed by atoms with Crippen LogP contribution in [0.5, 0.6) is 5.75 Å². The van der Waals surface area contributed by atoms with Gasteiger partial charge < -0.3 is 14.0 Å². The van der Waals surface area contributed by atoms with Gasteiger partial charge in [-0.3, -0.25) is 4.79 Å². The third kappa shape index (κ3) is 3.88. The molecule has 25 heavy (non-hydrogen) atoms. The van der Waals surface area contributed by atoms with E-state index in [2.05, 4.69) is 4.98 Å². The second kappa shape index (κ2) is 7.66. The zero-order valence-corrected chi connectivity index (χ0v) is 14.3. The highest BCUT2D eigenvalue weighted by molar-refractivity contribution is 5.82. The molecule has 0 saturated heterocycles. The van der Waals surface area contributed by atoms with Crippen LogP contribution in [0.25, 0.3) is 23.2 Å². The highest BCUT2D eigenvalue weighted by Crippen LogP contribution is 2.19. The molecule has 0 unspecified atom stereocenters. The molecule has 0 fully saturated rings. The summed E-state index contributed by atoms with van der Waals surface area (Å²) in [7, 11) is 1.64. The van der Waals surface area contributed by atoms with Crippen LogP contribution in [0.15, 0.2) is 48.5 Å². The van der Waals surface area contributed by atoms with Gasteiger partial charge in [0.2, 0.25) is 0 Å². The average molecular weight is 336 g/mol. The van der Waals surface area contributed by atoms with Gasteiger partial charge in [0, 0.05) is 0 Å². The molecule has 3 aromatic rings. The van der Waals surface area contributed by atoms with Gasteiger partial charge in [-0.15, -0.1) is 0 Å². The van der Waals surface area contributed by atoms with Crippen LogP contribution in [-0.2, 0) is 16.1 Å². The Morgan fingerprint density at radius 2 is 1.88 bits per heavy atom. The topological polar surface area (TPSA) is 53.4 Å². The number of esters is 1. The first-order valence-electron chi connectivity index (χ1n) is 8.14. The van der Waals surface area contributed by atoms with Crippen molar-refractivity contribution < 1.29 is 14.3 Å². The summed E-state index contributed by atoms with van der Waals surface area (Å²) in [5.74, 6) is 1.25. The Bertz CT molecular complexity index is 895. The second-order valence-corrected chi connectivity index (χ2v) is 5.46. The number of hydrogen-bond donors (Lipinski definition) is 0. The number of nitrogens with zero attached hydrogens (tertiary/aromatic N) is 2. The lowest BCUT2D eigenvalue weighted by Crippen LogP contribution is -2.14. The molecule has 5 heteroatoms. The fourth-order valence-electron chi connectivity index (χ4n) is 2.61. The van der Waals surface area contributed by atoms with Crippen molar-refractivity contribution in [2.24, 2.45) is 0 Å². The molecule has 2 aromatic carbocycles. The van der Waals surface area contributed by atoms with E-state index < -0.39 is 0 Å². The van der Waals surface area contributed by atoms with E-state index in [1.165, 1.54) is 0 Å². The molecule has 1 heterocycles. The van der Waals surface area contributed by atoms with Gasteiger partial charge in [-0.1, -0.05) is 30.3 Å². The number of fused-ring (bicyclic) bond motifs is 1.